The minimum Gasteiger partial charge on any atom is -0.319 e. The zero-order chi connectivity index (χ0) is 19.8. The standard InChI is InChI=1S/C22H22ClN3OS/c1-4-24-11-12(2)14-5-7-15(8-6-14)17-18-16-9-10-28-20(16)22(27)26-19(18)13(3)25-21(17)23/h5-10,12,24H,4,11H2,1-3H3,(H,26,27). The van der Waals surface area contributed by atoms with Gasteiger partial charge >= 0.3 is 0 Å². The van der Waals surface area contributed by atoms with Gasteiger partial charge in [-0.15, -0.1) is 11.3 Å². The first-order valence-corrected chi connectivity index (χ1v) is 10.7. The molecule has 3 aromatic heterocycles. The summed E-state index contributed by atoms with van der Waals surface area (Å²) in [6, 6.07) is 10.5. The summed E-state index contributed by atoms with van der Waals surface area (Å²) in [4.78, 5) is 19.9. The third kappa shape index (κ3) is 3.24. The third-order valence-corrected chi connectivity index (χ3v) is 6.37. The van der Waals surface area contributed by atoms with Gasteiger partial charge in [-0.05, 0) is 42.0 Å². The molecule has 1 aromatic carbocycles. The number of fused-ring (bicyclic) bond motifs is 3. The van der Waals surface area contributed by atoms with Crippen LogP contribution in [0.25, 0.3) is 32.1 Å². The highest BCUT2D eigenvalue weighted by Crippen LogP contribution is 2.39. The first-order chi connectivity index (χ1) is 13.5. The van der Waals surface area contributed by atoms with Gasteiger partial charge in [-0.25, -0.2) is 4.98 Å². The molecule has 144 valence electrons. The molecule has 0 aliphatic carbocycles. The monoisotopic (exact) mass is 411 g/mol. The number of thiophene rings is 1. The molecule has 0 radical (unpaired) electrons. The number of rotatable bonds is 5. The molecule has 0 aliphatic heterocycles. The first-order valence-electron chi connectivity index (χ1n) is 9.41. The highest BCUT2D eigenvalue weighted by atomic mass is 35.5. The van der Waals surface area contributed by atoms with E-state index in [4.69, 9.17) is 11.6 Å². The number of halogens is 1. The molecule has 0 spiro atoms. The number of nitrogens with one attached hydrogen (secondary N) is 2. The van der Waals surface area contributed by atoms with E-state index in [9.17, 15) is 4.79 Å². The number of hydrogen-bond acceptors (Lipinski definition) is 4. The van der Waals surface area contributed by atoms with Gasteiger partial charge in [0.25, 0.3) is 5.56 Å². The Morgan fingerprint density at radius 2 is 2.00 bits per heavy atom. The summed E-state index contributed by atoms with van der Waals surface area (Å²) in [5, 5.41) is 7.68. The number of aromatic nitrogens is 2. The highest BCUT2D eigenvalue weighted by molar-refractivity contribution is 7.17. The van der Waals surface area contributed by atoms with Crippen molar-refractivity contribution >= 4 is 43.9 Å². The molecule has 28 heavy (non-hydrogen) atoms. The maximum Gasteiger partial charge on any atom is 0.266 e. The SMILES string of the molecule is CCNCC(C)c1ccc(-c2c(Cl)nc(C)c3[nH]c(=O)c4sccc4c23)cc1. The number of benzene rings is 1. The predicted octanol–water partition coefficient (Wildman–Crippen LogP) is 5.48. The van der Waals surface area contributed by atoms with Crippen molar-refractivity contribution in [3.05, 3.63) is 62.5 Å². The molecule has 0 bridgehead atoms. The fourth-order valence-corrected chi connectivity index (χ4v) is 4.79. The lowest BCUT2D eigenvalue weighted by Crippen LogP contribution is -2.19. The van der Waals surface area contributed by atoms with E-state index in [2.05, 4.69) is 53.4 Å². The van der Waals surface area contributed by atoms with Crippen LogP contribution in [0.5, 0.6) is 0 Å². The molecule has 6 heteroatoms. The second kappa shape index (κ2) is 7.66. The summed E-state index contributed by atoms with van der Waals surface area (Å²) >= 11 is 8.06. The molecule has 0 amide bonds. The van der Waals surface area contributed by atoms with Gasteiger partial charge in [0.05, 0.1) is 11.2 Å². The Hall–Kier alpha value is -2.21. The lowest BCUT2D eigenvalue weighted by molar-refractivity contribution is 0.635. The Balaban J connectivity index is 1.91. The van der Waals surface area contributed by atoms with E-state index in [1.54, 1.807) is 0 Å². The maximum atomic E-state index is 12.4. The lowest BCUT2D eigenvalue weighted by atomic mass is 9.95. The van der Waals surface area contributed by atoms with Crippen molar-refractivity contribution in [2.45, 2.75) is 26.7 Å². The van der Waals surface area contributed by atoms with Gasteiger partial charge in [0.2, 0.25) is 0 Å². The predicted molar refractivity (Wildman–Crippen MR) is 120 cm³/mol. The van der Waals surface area contributed by atoms with Crippen LogP contribution >= 0.6 is 22.9 Å². The topological polar surface area (TPSA) is 57.8 Å². The number of likely N-dealkylation sites (N-methyl/N-ethyl adjacent to an activating group) is 1. The minimum absolute atomic E-state index is 0.0803. The normalized spacial score (nSPS) is 12.7. The largest absolute Gasteiger partial charge is 0.319 e. The lowest BCUT2D eigenvalue weighted by Gasteiger charge is -2.15. The minimum atomic E-state index is -0.0803. The van der Waals surface area contributed by atoms with Gasteiger partial charge in [-0.2, -0.15) is 0 Å². The van der Waals surface area contributed by atoms with Crippen LogP contribution in [0, 0.1) is 6.92 Å². The quantitative estimate of drug-likeness (QED) is 0.427. The van der Waals surface area contributed by atoms with Crippen molar-refractivity contribution in [2.24, 2.45) is 0 Å². The number of aromatic amines is 1. The summed E-state index contributed by atoms with van der Waals surface area (Å²) in [5.41, 5.74) is 4.54. The summed E-state index contributed by atoms with van der Waals surface area (Å²) in [7, 11) is 0. The van der Waals surface area contributed by atoms with Gasteiger partial charge in [0, 0.05) is 22.9 Å². The Bertz CT molecular complexity index is 1210. The molecule has 0 aliphatic rings. The number of nitrogens with zero attached hydrogens (tertiary/aromatic N) is 1. The van der Waals surface area contributed by atoms with Gasteiger partial charge in [0.15, 0.2) is 0 Å². The van der Waals surface area contributed by atoms with Crippen molar-refractivity contribution in [1.29, 1.82) is 0 Å². The van der Waals surface area contributed by atoms with Crippen LogP contribution in [0.15, 0.2) is 40.5 Å². The second-order valence-corrected chi connectivity index (χ2v) is 8.34. The maximum absolute atomic E-state index is 12.4. The van der Waals surface area contributed by atoms with Crippen molar-refractivity contribution < 1.29 is 0 Å². The molecule has 1 atom stereocenters. The molecular weight excluding hydrogens is 390 g/mol. The van der Waals surface area contributed by atoms with Crippen LogP contribution in [0.1, 0.15) is 31.0 Å². The molecule has 2 N–H and O–H groups in total. The van der Waals surface area contributed by atoms with E-state index in [0.717, 1.165) is 46.2 Å². The molecular formula is C22H22ClN3OS. The summed E-state index contributed by atoms with van der Waals surface area (Å²) in [5.74, 6) is 0.428. The molecule has 4 nitrogen and oxygen atoms in total. The van der Waals surface area contributed by atoms with Crippen LogP contribution in [0.2, 0.25) is 5.15 Å². The van der Waals surface area contributed by atoms with Crippen molar-refractivity contribution in [2.75, 3.05) is 13.1 Å². The second-order valence-electron chi connectivity index (χ2n) is 7.06. The van der Waals surface area contributed by atoms with E-state index < -0.39 is 0 Å². The van der Waals surface area contributed by atoms with E-state index >= 15 is 0 Å². The first kappa shape index (κ1) is 19.1. The van der Waals surface area contributed by atoms with Gasteiger partial charge < -0.3 is 10.3 Å². The Kier molecular flexibility index (Phi) is 5.23. The van der Waals surface area contributed by atoms with Crippen LogP contribution in [-0.4, -0.2) is 23.1 Å². The van der Waals surface area contributed by atoms with E-state index in [0.29, 0.717) is 15.8 Å². The molecule has 4 rings (SSSR count). The fraction of sp³-hybridized carbons (Fsp3) is 0.273. The molecule has 0 fully saturated rings. The van der Waals surface area contributed by atoms with Crippen LogP contribution in [0.3, 0.4) is 0 Å². The van der Waals surface area contributed by atoms with Crippen molar-refractivity contribution in [3.8, 4) is 11.1 Å². The zero-order valence-electron chi connectivity index (χ0n) is 16.1. The van der Waals surface area contributed by atoms with E-state index in [-0.39, 0.29) is 5.56 Å². The van der Waals surface area contributed by atoms with Gasteiger partial charge in [-0.1, -0.05) is 49.7 Å². The van der Waals surface area contributed by atoms with Crippen molar-refractivity contribution in [1.82, 2.24) is 15.3 Å². The highest BCUT2D eigenvalue weighted by Gasteiger charge is 2.18. The Labute approximate surface area is 172 Å². The number of aryl methyl sites for hydroxylation is 1. The zero-order valence-corrected chi connectivity index (χ0v) is 17.7. The summed E-state index contributed by atoms with van der Waals surface area (Å²) in [6.07, 6.45) is 0. The van der Waals surface area contributed by atoms with Gasteiger partial charge in [-0.3, -0.25) is 4.79 Å². The van der Waals surface area contributed by atoms with E-state index in [1.807, 2.05) is 18.4 Å². The van der Waals surface area contributed by atoms with Gasteiger partial charge in [0.1, 0.15) is 9.85 Å². The summed E-state index contributed by atoms with van der Waals surface area (Å²) in [6.45, 7) is 8.11. The smallest absolute Gasteiger partial charge is 0.266 e. The van der Waals surface area contributed by atoms with Crippen molar-refractivity contribution in [3.63, 3.8) is 0 Å². The molecule has 3 heterocycles. The number of pyridine rings is 2. The van der Waals surface area contributed by atoms with E-state index in [1.165, 1.54) is 16.9 Å². The third-order valence-electron chi connectivity index (χ3n) is 5.18. The molecule has 0 saturated heterocycles. The molecule has 1 unspecified atom stereocenters. The Morgan fingerprint density at radius 1 is 1.25 bits per heavy atom. The van der Waals surface area contributed by atoms with Crippen LogP contribution < -0.4 is 10.9 Å². The fourth-order valence-electron chi connectivity index (χ4n) is 3.66. The summed E-state index contributed by atoms with van der Waals surface area (Å²) < 4.78 is 0.714. The average molecular weight is 412 g/mol. The number of H-pyrrole nitrogens is 1. The Morgan fingerprint density at radius 3 is 2.71 bits per heavy atom. The number of hydrogen-bond donors (Lipinski definition) is 2. The molecule has 0 saturated carbocycles. The van der Waals surface area contributed by atoms with Crippen LogP contribution in [0.4, 0.5) is 0 Å². The average Bonchev–Trinajstić information content (AvgIpc) is 3.18. The van der Waals surface area contributed by atoms with Crippen LogP contribution in [-0.2, 0) is 0 Å². The molecule has 4 aromatic rings.